The van der Waals surface area contributed by atoms with Crippen LogP contribution in [0.3, 0.4) is 0 Å². The number of aromatic amines is 1. The van der Waals surface area contributed by atoms with Crippen LogP contribution in [0, 0.1) is 17.6 Å². The van der Waals surface area contributed by atoms with Gasteiger partial charge in [0.2, 0.25) is 5.91 Å². The molecule has 2 N–H and O–H groups in total. The summed E-state index contributed by atoms with van der Waals surface area (Å²) in [6.45, 7) is 10.1. The van der Waals surface area contributed by atoms with Crippen molar-refractivity contribution in [1.82, 2.24) is 19.7 Å². The maximum absolute atomic E-state index is 12.0. The number of hydrogen-bond acceptors (Lipinski definition) is 5. The molecule has 0 aliphatic heterocycles. The molecule has 1 atom stereocenters. The number of H-pyrrole nitrogens is 1. The molecule has 0 aliphatic rings. The molecule has 2 aromatic rings. The van der Waals surface area contributed by atoms with Crippen LogP contribution >= 0.6 is 23.6 Å². The number of aryl methyl sites for hydroxylation is 1. The first kappa shape index (κ1) is 16.6. The Kier molecular flexibility index (Phi) is 5.25. The maximum Gasteiger partial charge on any atom is 0.228 e. The highest BCUT2D eigenvalue weighted by Gasteiger charge is 2.18. The summed E-state index contributed by atoms with van der Waals surface area (Å²) in [6.07, 6.45) is 2.55. The van der Waals surface area contributed by atoms with Crippen LogP contribution < -0.4 is 5.32 Å². The second kappa shape index (κ2) is 6.97. The number of thiazole rings is 1. The maximum atomic E-state index is 12.0. The lowest BCUT2D eigenvalue weighted by Gasteiger charge is -2.06. The van der Waals surface area contributed by atoms with Crippen molar-refractivity contribution in [2.75, 3.05) is 5.32 Å². The number of rotatable bonds is 6. The van der Waals surface area contributed by atoms with Crippen LogP contribution in [0.2, 0.25) is 0 Å². The van der Waals surface area contributed by atoms with Crippen molar-refractivity contribution in [2.45, 2.75) is 33.7 Å². The van der Waals surface area contributed by atoms with Gasteiger partial charge >= 0.3 is 0 Å². The first-order valence-electron chi connectivity index (χ1n) is 7.02. The minimum Gasteiger partial charge on any atom is -0.302 e. The van der Waals surface area contributed by atoms with Gasteiger partial charge in [-0.2, -0.15) is 5.10 Å². The topological polar surface area (TPSA) is 75.6 Å². The van der Waals surface area contributed by atoms with Crippen molar-refractivity contribution in [3.05, 3.63) is 23.1 Å². The third kappa shape index (κ3) is 3.33. The van der Waals surface area contributed by atoms with Crippen LogP contribution in [0.15, 0.2) is 12.7 Å². The molecule has 0 fully saturated rings. The van der Waals surface area contributed by atoms with E-state index < -0.39 is 0 Å². The van der Waals surface area contributed by atoms with Crippen LogP contribution in [0.1, 0.15) is 26.0 Å². The minimum atomic E-state index is -0.0389. The Morgan fingerprint density at radius 1 is 1.64 bits per heavy atom. The average molecular weight is 337 g/mol. The molecular weight excluding hydrogens is 318 g/mol. The Labute approximate surface area is 138 Å². The highest BCUT2D eigenvalue weighted by atomic mass is 32.1. The summed E-state index contributed by atoms with van der Waals surface area (Å²) in [5.74, 6) is 0.652. The Bertz CT molecular complexity index is 743. The number of nitrogens with one attached hydrogen (secondary N) is 2. The molecule has 22 heavy (non-hydrogen) atoms. The Morgan fingerprint density at radius 2 is 2.36 bits per heavy atom. The van der Waals surface area contributed by atoms with Gasteiger partial charge in [-0.1, -0.05) is 31.3 Å². The van der Waals surface area contributed by atoms with Crippen molar-refractivity contribution < 1.29 is 4.79 Å². The van der Waals surface area contributed by atoms with Crippen molar-refractivity contribution in [1.29, 1.82) is 0 Å². The van der Waals surface area contributed by atoms with Gasteiger partial charge in [-0.25, -0.2) is 4.98 Å². The molecule has 0 radical (unpaired) electrons. The molecule has 0 aliphatic carbocycles. The van der Waals surface area contributed by atoms with Gasteiger partial charge < -0.3 is 5.32 Å². The van der Waals surface area contributed by atoms with E-state index in [1.807, 2.05) is 25.3 Å². The zero-order valence-corrected chi connectivity index (χ0v) is 14.5. The number of aromatic nitrogens is 4. The van der Waals surface area contributed by atoms with E-state index in [1.54, 1.807) is 6.08 Å². The Balaban J connectivity index is 2.33. The standard InChI is InChI=1S/C14H19N5OS2/c1-5-7-19-11(17-18-14(19)21)10-9(4)15-13(22-10)16-12(20)8(3)6-2/h5,8H,1,6-7H2,2-4H3,(H,18,21)(H,15,16,20). The highest BCUT2D eigenvalue weighted by molar-refractivity contribution is 7.71. The summed E-state index contributed by atoms with van der Waals surface area (Å²) in [4.78, 5) is 17.3. The lowest BCUT2D eigenvalue weighted by molar-refractivity contribution is -0.119. The first-order valence-corrected chi connectivity index (χ1v) is 8.25. The van der Waals surface area contributed by atoms with Gasteiger partial charge in [-0.15, -0.1) is 6.58 Å². The van der Waals surface area contributed by atoms with E-state index in [0.29, 0.717) is 22.3 Å². The number of hydrogen-bond donors (Lipinski definition) is 2. The lowest BCUT2D eigenvalue weighted by atomic mass is 10.1. The van der Waals surface area contributed by atoms with Gasteiger partial charge in [0.05, 0.1) is 10.6 Å². The normalized spacial score (nSPS) is 12.1. The van der Waals surface area contributed by atoms with Crippen LogP contribution in [0.4, 0.5) is 5.13 Å². The number of allylic oxidation sites excluding steroid dienone is 1. The predicted molar refractivity (Wildman–Crippen MR) is 91.5 cm³/mol. The number of carbonyl (C=O) groups excluding carboxylic acids is 1. The van der Waals surface area contributed by atoms with Crippen LogP contribution in [-0.2, 0) is 11.3 Å². The van der Waals surface area contributed by atoms with Crippen LogP contribution in [-0.4, -0.2) is 25.7 Å². The molecule has 8 heteroatoms. The van der Waals surface area contributed by atoms with E-state index in [9.17, 15) is 4.79 Å². The lowest BCUT2D eigenvalue weighted by Crippen LogP contribution is -2.19. The fourth-order valence-corrected chi connectivity index (χ4v) is 3.04. The van der Waals surface area contributed by atoms with E-state index in [-0.39, 0.29) is 11.8 Å². The van der Waals surface area contributed by atoms with Gasteiger partial charge in [-0.05, 0) is 25.6 Å². The molecule has 0 bridgehead atoms. The largest absolute Gasteiger partial charge is 0.302 e. The van der Waals surface area contributed by atoms with E-state index >= 15 is 0 Å². The summed E-state index contributed by atoms with van der Waals surface area (Å²) < 4.78 is 2.39. The molecule has 2 aromatic heterocycles. The minimum absolute atomic E-state index is 0.0206. The monoisotopic (exact) mass is 337 g/mol. The van der Waals surface area contributed by atoms with Gasteiger partial charge in [0.1, 0.15) is 0 Å². The summed E-state index contributed by atoms with van der Waals surface area (Å²) in [6, 6.07) is 0. The van der Waals surface area contributed by atoms with Gasteiger partial charge in [0.15, 0.2) is 15.7 Å². The molecule has 6 nitrogen and oxygen atoms in total. The summed E-state index contributed by atoms with van der Waals surface area (Å²) in [7, 11) is 0. The molecule has 2 rings (SSSR count). The molecule has 0 spiro atoms. The molecular formula is C14H19N5OS2. The average Bonchev–Trinajstić information content (AvgIpc) is 3.02. The van der Waals surface area contributed by atoms with Gasteiger partial charge in [0.25, 0.3) is 0 Å². The van der Waals surface area contributed by atoms with Crippen molar-refractivity contribution in [3.8, 4) is 10.7 Å². The zero-order valence-electron chi connectivity index (χ0n) is 12.8. The number of amides is 1. The number of anilines is 1. The Hall–Kier alpha value is -1.80. The molecule has 1 unspecified atom stereocenters. The van der Waals surface area contributed by atoms with Crippen molar-refractivity contribution in [2.24, 2.45) is 5.92 Å². The second-order valence-corrected chi connectivity index (χ2v) is 6.37. The molecule has 1 amide bonds. The summed E-state index contributed by atoms with van der Waals surface area (Å²) in [5, 5.41) is 10.5. The molecule has 2 heterocycles. The van der Waals surface area contributed by atoms with Crippen molar-refractivity contribution >= 4 is 34.6 Å². The van der Waals surface area contributed by atoms with Crippen LogP contribution in [0.5, 0.6) is 0 Å². The molecule has 0 saturated heterocycles. The zero-order chi connectivity index (χ0) is 16.3. The van der Waals surface area contributed by atoms with Gasteiger partial charge in [-0.3, -0.25) is 14.5 Å². The third-order valence-electron chi connectivity index (χ3n) is 3.36. The molecule has 118 valence electrons. The highest BCUT2D eigenvalue weighted by Crippen LogP contribution is 2.31. The van der Waals surface area contributed by atoms with E-state index in [2.05, 4.69) is 27.1 Å². The quantitative estimate of drug-likeness (QED) is 0.624. The summed E-state index contributed by atoms with van der Waals surface area (Å²) >= 11 is 6.62. The van der Waals surface area contributed by atoms with Gasteiger partial charge in [0, 0.05) is 12.5 Å². The molecule has 0 saturated carbocycles. The van der Waals surface area contributed by atoms with E-state index in [0.717, 1.165) is 17.0 Å². The number of carbonyl (C=O) groups is 1. The SMILES string of the molecule is C=CCn1c(-c2sc(NC(=O)C(C)CC)nc2C)n[nH]c1=S. The smallest absolute Gasteiger partial charge is 0.228 e. The molecule has 0 aromatic carbocycles. The fraction of sp³-hybridized carbons (Fsp3) is 0.429. The van der Waals surface area contributed by atoms with E-state index in [4.69, 9.17) is 12.2 Å². The first-order chi connectivity index (χ1) is 10.5. The fourth-order valence-electron chi connectivity index (χ4n) is 1.86. The Morgan fingerprint density at radius 3 is 3.00 bits per heavy atom. The third-order valence-corrected chi connectivity index (χ3v) is 4.74. The second-order valence-electron chi connectivity index (χ2n) is 4.98. The predicted octanol–water partition coefficient (Wildman–Crippen LogP) is 3.54. The van der Waals surface area contributed by atoms with E-state index in [1.165, 1.54) is 11.3 Å². The number of nitrogens with zero attached hydrogens (tertiary/aromatic N) is 3. The van der Waals surface area contributed by atoms with Crippen molar-refractivity contribution in [3.63, 3.8) is 0 Å². The summed E-state index contributed by atoms with van der Waals surface area (Å²) in [5.41, 5.74) is 0.809. The van der Waals surface area contributed by atoms with Crippen LogP contribution in [0.25, 0.3) is 10.7 Å².